The summed E-state index contributed by atoms with van der Waals surface area (Å²) in [6.45, 7) is 2.92. The van der Waals surface area contributed by atoms with Gasteiger partial charge in [-0.15, -0.1) is 0 Å². The molecule has 0 unspecified atom stereocenters. The van der Waals surface area contributed by atoms with Gasteiger partial charge < -0.3 is 18.9 Å². The Bertz CT molecular complexity index is 1090. The molecule has 0 aliphatic carbocycles. The number of esters is 2. The fraction of sp³-hybridized carbons (Fsp3) is 0.190. The Hall–Kier alpha value is -3.61. The second-order valence-corrected chi connectivity index (χ2v) is 6.43. The van der Waals surface area contributed by atoms with E-state index >= 15 is 0 Å². The van der Waals surface area contributed by atoms with Crippen LogP contribution in [-0.2, 0) is 16.6 Å². The van der Waals surface area contributed by atoms with Crippen LogP contribution in [0.5, 0.6) is 11.6 Å². The molecule has 1 aliphatic rings. The summed E-state index contributed by atoms with van der Waals surface area (Å²) in [7, 11) is 1.76. The van der Waals surface area contributed by atoms with Crippen LogP contribution in [0.4, 0.5) is 11.4 Å². The Balaban J connectivity index is 1.87. The number of carbonyl (C=O) groups is 2. The quantitative estimate of drug-likeness (QED) is 0.648. The number of ether oxygens (including phenoxy) is 2. The third kappa shape index (κ3) is 3.11. The van der Waals surface area contributed by atoms with Crippen LogP contribution in [0.2, 0.25) is 0 Å². The van der Waals surface area contributed by atoms with E-state index in [1.165, 1.54) is 0 Å². The van der Waals surface area contributed by atoms with Crippen LogP contribution in [0.3, 0.4) is 0 Å². The van der Waals surface area contributed by atoms with Gasteiger partial charge in [0.1, 0.15) is 0 Å². The van der Waals surface area contributed by atoms with E-state index in [0.29, 0.717) is 5.39 Å². The number of nitrogens with zero attached hydrogens (tertiary/aromatic N) is 3. The van der Waals surface area contributed by atoms with Gasteiger partial charge in [0.15, 0.2) is 0 Å². The molecule has 0 amide bonds. The van der Waals surface area contributed by atoms with Crippen molar-refractivity contribution in [3.05, 3.63) is 54.9 Å². The molecule has 7 nitrogen and oxygen atoms in total. The number of anilines is 2. The zero-order valence-electron chi connectivity index (χ0n) is 15.6. The first-order valence-corrected chi connectivity index (χ1v) is 9.00. The molecule has 7 heteroatoms. The standard InChI is InChI=1S/C21H19N3O4/c1-3-12-24(14-8-10-22-11-9-14)15-4-5-17-16(13-15)20-21(23(17)2)28-19(26)7-6-18(25)27-20/h4-11,13H,3,12H2,1-2H3/b7-6-. The monoisotopic (exact) mass is 377 g/mol. The third-order valence-corrected chi connectivity index (χ3v) is 4.57. The second-order valence-electron chi connectivity index (χ2n) is 6.43. The molecule has 142 valence electrons. The maximum Gasteiger partial charge on any atom is 0.337 e. The minimum absolute atomic E-state index is 0.209. The van der Waals surface area contributed by atoms with E-state index in [9.17, 15) is 9.59 Å². The fourth-order valence-electron chi connectivity index (χ4n) is 3.31. The maximum absolute atomic E-state index is 12.0. The molecule has 0 atom stereocenters. The smallest absolute Gasteiger partial charge is 0.337 e. The number of aryl methyl sites for hydroxylation is 1. The first-order chi connectivity index (χ1) is 13.6. The van der Waals surface area contributed by atoms with Crippen LogP contribution in [0.15, 0.2) is 54.9 Å². The van der Waals surface area contributed by atoms with Gasteiger partial charge in [-0.2, -0.15) is 0 Å². The third-order valence-electron chi connectivity index (χ3n) is 4.57. The first kappa shape index (κ1) is 17.8. The molecule has 28 heavy (non-hydrogen) atoms. The van der Waals surface area contributed by atoms with Gasteiger partial charge in [0, 0.05) is 54.9 Å². The van der Waals surface area contributed by atoms with Crippen LogP contribution in [-0.4, -0.2) is 28.0 Å². The van der Waals surface area contributed by atoms with Gasteiger partial charge in [-0.3, -0.25) is 4.98 Å². The van der Waals surface area contributed by atoms with Crippen molar-refractivity contribution in [1.82, 2.24) is 9.55 Å². The Labute approximate surface area is 161 Å². The molecule has 1 aromatic carbocycles. The summed E-state index contributed by atoms with van der Waals surface area (Å²) in [6.07, 6.45) is 6.57. The molecule has 0 saturated heterocycles. The molecule has 1 aliphatic heterocycles. The lowest BCUT2D eigenvalue weighted by Crippen LogP contribution is -2.17. The Morgan fingerprint density at radius 3 is 2.43 bits per heavy atom. The van der Waals surface area contributed by atoms with Gasteiger partial charge in [-0.05, 0) is 36.8 Å². The number of aromatic nitrogens is 2. The molecule has 3 heterocycles. The van der Waals surface area contributed by atoms with Crippen LogP contribution >= 0.6 is 0 Å². The SMILES string of the molecule is CCCN(c1ccncc1)c1ccc2c(c1)c1c(n2C)OC(=O)/C=C\C(=O)O1. The lowest BCUT2D eigenvalue weighted by Gasteiger charge is -2.24. The molecule has 4 rings (SSSR count). The highest BCUT2D eigenvalue weighted by Gasteiger charge is 2.24. The van der Waals surface area contributed by atoms with Crippen LogP contribution in [0.1, 0.15) is 13.3 Å². The van der Waals surface area contributed by atoms with Crippen molar-refractivity contribution in [2.45, 2.75) is 13.3 Å². The summed E-state index contributed by atoms with van der Waals surface area (Å²) in [5.74, 6) is -0.780. The minimum Gasteiger partial charge on any atom is -0.417 e. The number of rotatable bonds is 4. The predicted molar refractivity (Wildman–Crippen MR) is 105 cm³/mol. The molecular formula is C21H19N3O4. The van der Waals surface area contributed by atoms with Gasteiger partial charge in [0.2, 0.25) is 11.6 Å². The van der Waals surface area contributed by atoms with Gasteiger partial charge in [0.25, 0.3) is 0 Å². The average Bonchev–Trinajstić information content (AvgIpc) is 2.95. The van der Waals surface area contributed by atoms with E-state index in [-0.39, 0.29) is 11.6 Å². The highest BCUT2D eigenvalue weighted by atomic mass is 16.6. The Morgan fingerprint density at radius 1 is 1.00 bits per heavy atom. The molecule has 0 saturated carbocycles. The summed E-state index contributed by atoms with van der Waals surface area (Å²) in [5, 5.41) is 0.696. The van der Waals surface area contributed by atoms with Gasteiger partial charge >= 0.3 is 11.9 Å². The van der Waals surface area contributed by atoms with E-state index in [0.717, 1.165) is 42.0 Å². The summed E-state index contributed by atoms with van der Waals surface area (Å²) < 4.78 is 12.5. The van der Waals surface area contributed by atoms with Crippen LogP contribution < -0.4 is 14.4 Å². The van der Waals surface area contributed by atoms with Gasteiger partial charge in [0.05, 0.1) is 5.52 Å². The molecule has 0 spiro atoms. The van der Waals surface area contributed by atoms with Crippen molar-refractivity contribution in [3.63, 3.8) is 0 Å². The van der Waals surface area contributed by atoms with Crippen LogP contribution in [0.25, 0.3) is 10.9 Å². The minimum atomic E-state index is -0.617. The normalized spacial score (nSPS) is 14.6. The number of hydrogen-bond donors (Lipinski definition) is 0. The van der Waals surface area contributed by atoms with Gasteiger partial charge in [-0.1, -0.05) is 6.92 Å². The van der Waals surface area contributed by atoms with E-state index in [2.05, 4.69) is 16.8 Å². The summed E-state index contributed by atoms with van der Waals surface area (Å²) >= 11 is 0. The molecule has 0 N–H and O–H groups in total. The molecule has 0 radical (unpaired) electrons. The first-order valence-electron chi connectivity index (χ1n) is 9.00. The Morgan fingerprint density at radius 2 is 1.71 bits per heavy atom. The lowest BCUT2D eigenvalue weighted by molar-refractivity contribution is -0.133. The van der Waals surface area contributed by atoms with E-state index < -0.39 is 11.9 Å². The van der Waals surface area contributed by atoms with Crippen molar-refractivity contribution in [2.75, 3.05) is 11.4 Å². The molecular weight excluding hydrogens is 358 g/mol. The highest BCUT2D eigenvalue weighted by molar-refractivity contribution is 6.01. The topological polar surface area (TPSA) is 73.7 Å². The molecule has 2 aromatic heterocycles. The van der Waals surface area contributed by atoms with E-state index in [4.69, 9.17) is 9.47 Å². The number of pyridine rings is 1. The van der Waals surface area contributed by atoms with Gasteiger partial charge in [-0.25, -0.2) is 9.59 Å². The Kier molecular flexibility index (Phi) is 4.57. The number of fused-ring (bicyclic) bond motifs is 3. The second kappa shape index (κ2) is 7.19. The summed E-state index contributed by atoms with van der Waals surface area (Å²) in [5.41, 5.74) is 2.75. The maximum atomic E-state index is 12.0. The molecule has 3 aromatic rings. The lowest BCUT2D eigenvalue weighted by atomic mass is 10.2. The average molecular weight is 377 g/mol. The number of carbonyl (C=O) groups excluding carboxylic acids is 2. The van der Waals surface area contributed by atoms with Crippen molar-refractivity contribution < 1.29 is 19.1 Å². The van der Waals surface area contributed by atoms with Crippen molar-refractivity contribution >= 4 is 34.2 Å². The zero-order valence-corrected chi connectivity index (χ0v) is 15.6. The highest BCUT2D eigenvalue weighted by Crippen LogP contribution is 2.41. The van der Waals surface area contributed by atoms with E-state index in [1.54, 1.807) is 24.0 Å². The van der Waals surface area contributed by atoms with E-state index in [1.807, 2.05) is 30.3 Å². The van der Waals surface area contributed by atoms with Crippen LogP contribution in [0, 0.1) is 0 Å². The number of hydrogen-bond acceptors (Lipinski definition) is 6. The molecule has 0 bridgehead atoms. The molecule has 0 fully saturated rings. The van der Waals surface area contributed by atoms with Crippen molar-refractivity contribution in [3.8, 4) is 11.6 Å². The summed E-state index contributed by atoms with van der Waals surface area (Å²) in [6, 6.07) is 9.75. The fourth-order valence-corrected chi connectivity index (χ4v) is 3.31. The number of benzene rings is 1. The van der Waals surface area contributed by atoms with Crippen molar-refractivity contribution in [2.24, 2.45) is 7.05 Å². The summed E-state index contributed by atoms with van der Waals surface area (Å²) in [4.78, 5) is 30.1. The largest absolute Gasteiger partial charge is 0.417 e. The van der Waals surface area contributed by atoms with Crippen molar-refractivity contribution in [1.29, 1.82) is 0 Å². The zero-order chi connectivity index (χ0) is 19.7. The predicted octanol–water partition coefficient (Wildman–Crippen LogP) is 3.50.